The van der Waals surface area contributed by atoms with E-state index >= 15 is 0 Å². The predicted molar refractivity (Wildman–Crippen MR) is 338 cm³/mol. The van der Waals surface area contributed by atoms with E-state index in [0.717, 1.165) is 44.9 Å². The van der Waals surface area contributed by atoms with Crippen LogP contribution in [0.25, 0.3) is 0 Å². The van der Waals surface area contributed by atoms with Crippen molar-refractivity contribution in [2.24, 2.45) is 0 Å². The van der Waals surface area contributed by atoms with Crippen LogP contribution in [0.5, 0.6) is 0 Å². The van der Waals surface area contributed by atoms with E-state index in [9.17, 15) is 19.8 Å². The fraction of sp³-hybridized carbons (Fsp3) is 0.915. The molecule has 1 amide bonds. The number of rotatable bonds is 66. The highest BCUT2D eigenvalue weighted by molar-refractivity contribution is 5.76. The Labute approximate surface area is 481 Å². The number of allylic oxidation sites excluding steroid dienone is 4. The molecule has 0 rings (SSSR count). The molecule has 0 aromatic carbocycles. The number of hydrogen-bond acceptors (Lipinski definition) is 5. The second-order valence-corrected chi connectivity index (χ2v) is 24.2. The highest BCUT2D eigenvalue weighted by atomic mass is 16.5. The van der Waals surface area contributed by atoms with E-state index in [4.69, 9.17) is 4.74 Å². The molecule has 0 aromatic heterocycles. The topological polar surface area (TPSA) is 95.9 Å². The van der Waals surface area contributed by atoms with Gasteiger partial charge in [0.1, 0.15) is 0 Å². The van der Waals surface area contributed by atoms with Crippen LogP contribution >= 0.6 is 0 Å². The first kappa shape index (κ1) is 75.3. The van der Waals surface area contributed by atoms with Crippen molar-refractivity contribution in [3.8, 4) is 0 Å². The zero-order chi connectivity index (χ0) is 55.7. The van der Waals surface area contributed by atoms with Crippen LogP contribution in [0.4, 0.5) is 0 Å². The van der Waals surface area contributed by atoms with Gasteiger partial charge in [-0.25, -0.2) is 0 Å². The Balaban J connectivity index is 3.32. The van der Waals surface area contributed by atoms with E-state index in [1.54, 1.807) is 0 Å². The lowest BCUT2D eigenvalue weighted by atomic mass is 10.0. The molecule has 77 heavy (non-hydrogen) atoms. The normalized spacial score (nSPS) is 12.6. The molecule has 0 saturated carbocycles. The molecule has 0 aliphatic rings. The van der Waals surface area contributed by atoms with Gasteiger partial charge in [0, 0.05) is 12.8 Å². The van der Waals surface area contributed by atoms with Crippen LogP contribution in [-0.2, 0) is 14.3 Å². The van der Waals surface area contributed by atoms with Crippen molar-refractivity contribution in [1.82, 2.24) is 5.32 Å². The summed E-state index contributed by atoms with van der Waals surface area (Å²) in [6.07, 6.45) is 83.8. The third kappa shape index (κ3) is 63.4. The van der Waals surface area contributed by atoms with Crippen molar-refractivity contribution < 1.29 is 24.5 Å². The van der Waals surface area contributed by atoms with Gasteiger partial charge in [-0.15, -0.1) is 0 Å². The van der Waals surface area contributed by atoms with Crippen LogP contribution in [0, 0.1) is 0 Å². The summed E-state index contributed by atoms with van der Waals surface area (Å²) in [7, 11) is 0. The summed E-state index contributed by atoms with van der Waals surface area (Å²) in [6.45, 7) is 4.95. The van der Waals surface area contributed by atoms with Crippen LogP contribution in [-0.4, -0.2) is 47.4 Å². The molecular weight excluding hydrogens is 947 g/mol. The first-order valence-electron chi connectivity index (χ1n) is 35.1. The van der Waals surface area contributed by atoms with Gasteiger partial charge in [0.25, 0.3) is 0 Å². The third-order valence-corrected chi connectivity index (χ3v) is 16.5. The third-order valence-electron chi connectivity index (χ3n) is 16.5. The Bertz CT molecular complexity index is 1200. The minimum absolute atomic E-state index is 0.0105. The standard InChI is InChI=1S/C71H137NO5/c1-3-5-7-9-11-13-15-40-43-47-51-55-59-63-69(74)68(67-73)72-70(75)64-60-56-52-48-44-41-38-36-34-32-30-28-26-24-22-20-18-17-19-21-23-25-27-29-31-33-35-37-39-42-46-50-54-58-62-66-77-71(76)65-61-57-53-49-45-16-14-12-10-8-6-4-2/h12,14,19,21,68-69,73-74H,3-11,13,15-18,20,22-67H2,1-2H3,(H,72,75)/b14-12-,21-19-. The number of hydrogen-bond donors (Lipinski definition) is 3. The van der Waals surface area contributed by atoms with Gasteiger partial charge in [-0.05, 0) is 77.0 Å². The fourth-order valence-corrected chi connectivity index (χ4v) is 11.1. The van der Waals surface area contributed by atoms with Crippen LogP contribution < -0.4 is 5.32 Å². The van der Waals surface area contributed by atoms with Gasteiger partial charge >= 0.3 is 5.97 Å². The molecular formula is C71H137NO5. The second-order valence-electron chi connectivity index (χ2n) is 24.2. The molecule has 0 aliphatic carbocycles. The molecule has 2 atom stereocenters. The second kappa shape index (κ2) is 66.8. The fourth-order valence-electron chi connectivity index (χ4n) is 11.1. The SMILES string of the molecule is CCCCC/C=C\CCCCCCCC(=O)OCCCCCCCCCCCCCCCC/C=C\CCCCCCCCCCCCCCCCCCCC(=O)NC(CO)C(O)CCCCCCCCCCCCCCC. The maximum absolute atomic E-state index is 12.5. The number of esters is 1. The molecule has 6 nitrogen and oxygen atoms in total. The minimum atomic E-state index is -0.660. The summed E-state index contributed by atoms with van der Waals surface area (Å²) >= 11 is 0. The van der Waals surface area contributed by atoms with Crippen LogP contribution in [0.1, 0.15) is 393 Å². The van der Waals surface area contributed by atoms with Crippen molar-refractivity contribution in [1.29, 1.82) is 0 Å². The van der Waals surface area contributed by atoms with Crippen molar-refractivity contribution in [3.05, 3.63) is 24.3 Å². The van der Waals surface area contributed by atoms with Crippen molar-refractivity contribution in [3.63, 3.8) is 0 Å². The summed E-state index contributed by atoms with van der Waals surface area (Å²) in [5.74, 6) is -0.0189. The number of aliphatic hydroxyl groups excluding tert-OH is 2. The zero-order valence-electron chi connectivity index (χ0n) is 52.2. The van der Waals surface area contributed by atoms with Gasteiger partial charge in [-0.3, -0.25) is 9.59 Å². The first-order chi connectivity index (χ1) is 38.0. The average Bonchev–Trinajstić information content (AvgIpc) is 3.43. The monoisotopic (exact) mass is 1080 g/mol. The minimum Gasteiger partial charge on any atom is -0.466 e. The van der Waals surface area contributed by atoms with E-state index in [1.807, 2.05) is 0 Å². The lowest BCUT2D eigenvalue weighted by Crippen LogP contribution is -2.45. The van der Waals surface area contributed by atoms with Crippen LogP contribution in [0.15, 0.2) is 24.3 Å². The smallest absolute Gasteiger partial charge is 0.305 e. The average molecular weight is 1080 g/mol. The number of amides is 1. The molecule has 3 N–H and O–H groups in total. The lowest BCUT2D eigenvalue weighted by molar-refractivity contribution is -0.143. The summed E-state index contributed by atoms with van der Waals surface area (Å²) in [6, 6.07) is -0.537. The number of unbranched alkanes of at least 4 members (excludes halogenated alkanes) is 51. The number of nitrogens with one attached hydrogen (secondary N) is 1. The summed E-state index contributed by atoms with van der Waals surface area (Å²) in [5.41, 5.74) is 0. The lowest BCUT2D eigenvalue weighted by Gasteiger charge is -2.22. The summed E-state index contributed by atoms with van der Waals surface area (Å²) in [5, 5.41) is 23.3. The van der Waals surface area contributed by atoms with E-state index in [1.165, 1.54) is 315 Å². The Kier molecular flexibility index (Phi) is 65.4. The van der Waals surface area contributed by atoms with E-state index < -0.39 is 12.1 Å². The highest BCUT2D eigenvalue weighted by Crippen LogP contribution is 2.19. The van der Waals surface area contributed by atoms with Gasteiger partial charge < -0.3 is 20.3 Å². The largest absolute Gasteiger partial charge is 0.466 e. The maximum atomic E-state index is 12.5. The van der Waals surface area contributed by atoms with Gasteiger partial charge in [0.15, 0.2) is 0 Å². The predicted octanol–water partition coefficient (Wildman–Crippen LogP) is 22.5. The Morgan fingerprint density at radius 1 is 0.351 bits per heavy atom. The molecule has 0 radical (unpaired) electrons. The number of carbonyl (C=O) groups excluding carboxylic acids is 2. The highest BCUT2D eigenvalue weighted by Gasteiger charge is 2.20. The van der Waals surface area contributed by atoms with Gasteiger partial charge in [-0.2, -0.15) is 0 Å². The summed E-state index contributed by atoms with van der Waals surface area (Å²) in [4.78, 5) is 24.5. The number of aliphatic hydroxyl groups is 2. The van der Waals surface area contributed by atoms with E-state index in [-0.39, 0.29) is 18.5 Å². The first-order valence-corrected chi connectivity index (χ1v) is 35.1. The molecule has 0 aromatic rings. The molecule has 0 spiro atoms. The molecule has 0 bridgehead atoms. The maximum Gasteiger partial charge on any atom is 0.305 e. The van der Waals surface area contributed by atoms with Crippen molar-refractivity contribution in [2.45, 2.75) is 405 Å². The zero-order valence-corrected chi connectivity index (χ0v) is 52.2. The Morgan fingerprint density at radius 3 is 0.948 bits per heavy atom. The van der Waals surface area contributed by atoms with E-state index in [0.29, 0.717) is 25.9 Å². The molecule has 0 saturated heterocycles. The van der Waals surface area contributed by atoms with Crippen molar-refractivity contribution in [2.75, 3.05) is 13.2 Å². The van der Waals surface area contributed by atoms with Crippen LogP contribution in [0.2, 0.25) is 0 Å². The van der Waals surface area contributed by atoms with Gasteiger partial charge in [-0.1, -0.05) is 327 Å². The number of carbonyl (C=O) groups is 2. The van der Waals surface area contributed by atoms with Crippen molar-refractivity contribution >= 4 is 11.9 Å². The van der Waals surface area contributed by atoms with Crippen LogP contribution in [0.3, 0.4) is 0 Å². The molecule has 2 unspecified atom stereocenters. The van der Waals surface area contributed by atoms with Gasteiger partial charge in [0.05, 0.1) is 25.4 Å². The Hall–Kier alpha value is -1.66. The molecule has 0 fully saturated rings. The number of ether oxygens (including phenoxy) is 1. The molecule has 0 heterocycles. The quantitative estimate of drug-likeness (QED) is 0.0320. The molecule has 456 valence electrons. The molecule has 6 heteroatoms. The Morgan fingerprint density at radius 2 is 0.610 bits per heavy atom. The van der Waals surface area contributed by atoms with E-state index in [2.05, 4.69) is 43.5 Å². The summed E-state index contributed by atoms with van der Waals surface area (Å²) < 4.78 is 5.47. The van der Waals surface area contributed by atoms with Gasteiger partial charge in [0.2, 0.25) is 5.91 Å². The molecule has 0 aliphatic heterocycles.